The van der Waals surface area contributed by atoms with E-state index in [0.29, 0.717) is 21.8 Å². The van der Waals surface area contributed by atoms with E-state index in [-0.39, 0.29) is 35.4 Å². The molecule has 1 aliphatic carbocycles. The maximum absolute atomic E-state index is 13.3. The molecule has 0 radical (unpaired) electrons. The molecule has 1 aromatic heterocycles. The van der Waals surface area contributed by atoms with Gasteiger partial charge in [0.1, 0.15) is 5.82 Å². The summed E-state index contributed by atoms with van der Waals surface area (Å²) in [4.78, 5) is 19.1. The molecule has 0 bridgehead atoms. The van der Waals surface area contributed by atoms with Crippen LogP contribution in [0.3, 0.4) is 0 Å². The average Bonchev–Trinajstić information content (AvgIpc) is 3.51. The SMILES string of the molecule is CC(C)n1c(CN(C(=O)c2ccc(F)cc2)C2CC2)cnc1S(=O)(=O)Cc1ccccc1Cl. The van der Waals surface area contributed by atoms with Crippen LogP contribution in [-0.4, -0.2) is 34.8 Å². The summed E-state index contributed by atoms with van der Waals surface area (Å²) in [5, 5.41) is 0.339. The maximum Gasteiger partial charge on any atom is 0.254 e. The van der Waals surface area contributed by atoms with Gasteiger partial charge in [0.25, 0.3) is 5.91 Å². The van der Waals surface area contributed by atoms with Gasteiger partial charge >= 0.3 is 0 Å². The summed E-state index contributed by atoms with van der Waals surface area (Å²) >= 11 is 6.18. The molecule has 33 heavy (non-hydrogen) atoms. The highest BCUT2D eigenvalue weighted by molar-refractivity contribution is 7.90. The van der Waals surface area contributed by atoms with Crippen molar-refractivity contribution in [2.75, 3.05) is 0 Å². The van der Waals surface area contributed by atoms with Gasteiger partial charge in [-0.3, -0.25) is 4.79 Å². The van der Waals surface area contributed by atoms with Crippen molar-refractivity contribution in [1.29, 1.82) is 0 Å². The molecule has 1 saturated carbocycles. The van der Waals surface area contributed by atoms with Crippen LogP contribution in [0, 0.1) is 5.82 Å². The van der Waals surface area contributed by atoms with Crippen molar-refractivity contribution in [3.05, 3.63) is 82.4 Å². The van der Waals surface area contributed by atoms with Crippen LogP contribution in [0.5, 0.6) is 0 Å². The first-order valence-corrected chi connectivity index (χ1v) is 12.8. The quantitative estimate of drug-likeness (QED) is 0.444. The Hall–Kier alpha value is -2.71. The topological polar surface area (TPSA) is 72.3 Å². The van der Waals surface area contributed by atoms with E-state index in [1.807, 2.05) is 13.8 Å². The molecule has 1 heterocycles. The second-order valence-corrected chi connectivity index (χ2v) is 10.8. The van der Waals surface area contributed by atoms with Crippen LogP contribution < -0.4 is 0 Å². The molecule has 174 valence electrons. The molecule has 6 nitrogen and oxygen atoms in total. The minimum absolute atomic E-state index is 0.0441. The number of benzene rings is 2. The van der Waals surface area contributed by atoms with E-state index in [4.69, 9.17) is 11.6 Å². The van der Waals surface area contributed by atoms with Gasteiger partial charge in [-0.25, -0.2) is 17.8 Å². The van der Waals surface area contributed by atoms with Crippen molar-refractivity contribution in [1.82, 2.24) is 14.5 Å². The van der Waals surface area contributed by atoms with Crippen LogP contribution in [0.25, 0.3) is 0 Å². The zero-order valence-electron chi connectivity index (χ0n) is 18.4. The number of carbonyl (C=O) groups excluding carboxylic acids is 1. The van der Waals surface area contributed by atoms with E-state index in [1.54, 1.807) is 33.7 Å². The summed E-state index contributed by atoms with van der Waals surface area (Å²) in [6, 6.07) is 12.1. The molecule has 0 aliphatic heterocycles. The van der Waals surface area contributed by atoms with Crippen LogP contribution in [0.4, 0.5) is 4.39 Å². The number of carbonyl (C=O) groups is 1. The standard InChI is InChI=1S/C24H25ClFN3O3S/c1-16(2)29-21(13-27-24(29)33(31,32)15-18-5-3-4-6-22(18)25)14-28(20-11-12-20)23(30)17-7-9-19(26)10-8-17/h3-10,13,16,20H,11-12,14-15H2,1-2H3. The number of hydrogen-bond acceptors (Lipinski definition) is 4. The van der Waals surface area contributed by atoms with Gasteiger partial charge in [-0.1, -0.05) is 29.8 Å². The number of halogens is 2. The van der Waals surface area contributed by atoms with Gasteiger partial charge in [-0.05, 0) is 62.6 Å². The van der Waals surface area contributed by atoms with E-state index in [9.17, 15) is 17.6 Å². The molecule has 2 aromatic carbocycles. The van der Waals surface area contributed by atoms with Crippen molar-refractivity contribution in [2.45, 2.75) is 56.2 Å². The van der Waals surface area contributed by atoms with Crippen LogP contribution in [0.1, 0.15) is 54.3 Å². The smallest absolute Gasteiger partial charge is 0.254 e. The maximum atomic E-state index is 13.3. The molecule has 0 saturated heterocycles. The third-order valence-corrected chi connectivity index (χ3v) is 7.53. The molecule has 0 unspecified atom stereocenters. The van der Waals surface area contributed by atoms with Crippen LogP contribution >= 0.6 is 11.6 Å². The first-order valence-electron chi connectivity index (χ1n) is 10.8. The van der Waals surface area contributed by atoms with Gasteiger partial charge in [0.05, 0.1) is 24.2 Å². The Morgan fingerprint density at radius 3 is 2.45 bits per heavy atom. The van der Waals surface area contributed by atoms with E-state index in [1.165, 1.54) is 30.5 Å². The Balaban J connectivity index is 1.65. The first kappa shape index (κ1) is 23.4. The molecule has 0 N–H and O–H groups in total. The van der Waals surface area contributed by atoms with Gasteiger partial charge in [-0.15, -0.1) is 0 Å². The van der Waals surface area contributed by atoms with Gasteiger partial charge in [0, 0.05) is 22.7 Å². The van der Waals surface area contributed by atoms with Crippen LogP contribution in [0.2, 0.25) is 5.02 Å². The predicted octanol–water partition coefficient (Wildman–Crippen LogP) is 5.04. The molecular weight excluding hydrogens is 465 g/mol. The van der Waals surface area contributed by atoms with Gasteiger partial charge in [0.15, 0.2) is 0 Å². The summed E-state index contributed by atoms with van der Waals surface area (Å²) in [7, 11) is -3.79. The fourth-order valence-electron chi connectivity index (χ4n) is 3.85. The molecule has 1 aliphatic rings. The van der Waals surface area contributed by atoms with Crippen molar-refractivity contribution in [3.8, 4) is 0 Å². The summed E-state index contributed by atoms with van der Waals surface area (Å²) < 4.78 is 41.5. The molecule has 1 amide bonds. The Morgan fingerprint density at radius 1 is 1.18 bits per heavy atom. The zero-order chi connectivity index (χ0) is 23.8. The Kier molecular flexibility index (Phi) is 6.59. The van der Waals surface area contributed by atoms with Crippen molar-refractivity contribution >= 4 is 27.3 Å². The number of hydrogen-bond donors (Lipinski definition) is 0. The van der Waals surface area contributed by atoms with Crippen LogP contribution in [0.15, 0.2) is 59.9 Å². The molecule has 4 rings (SSSR count). The number of nitrogens with zero attached hydrogens (tertiary/aromatic N) is 3. The summed E-state index contributed by atoms with van der Waals surface area (Å²) in [6.07, 6.45) is 3.27. The summed E-state index contributed by atoms with van der Waals surface area (Å²) in [5.41, 5.74) is 1.53. The van der Waals surface area contributed by atoms with Crippen molar-refractivity contribution in [3.63, 3.8) is 0 Å². The Morgan fingerprint density at radius 2 is 1.85 bits per heavy atom. The fraction of sp³-hybridized carbons (Fsp3) is 0.333. The lowest BCUT2D eigenvalue weighted by Crippen LogP contribution is -2.33. The highest BCUT2D eigenvalue weighted by atomic mass is 35.5. The lowest BCUT2D eigenvalue weighted by molar-refractivity contribution is 0.0724. The highest BCUT2D eigenvalue weighted by Crippen LogP contribution is 2.31. The Labute approximate surface area is 197 Å². The average molecular weight is 490 g/mol. The number of rotatable bonds is 8. The third-order valence-electron chi connectivity index (χ3n) is 5.61. The van der Waals surface area contributed by atoms with Crippen molar-refractivity contribution in [2.24, 2.45) is 0 Å². The monoisotopic (exact) mass is 489 g/mol. The van der Waals surface area contributed by atoms with Crippen LogP contribution in [-0.2, 0) is 22.1 Å². The van der Waals surface area contributed by atoms with Gasteiger partial charge in [0.2, 0.25) is 15.0 Å². The third kappa shape index (κ3) is 5.12. The molecule has 1 fully saturated rings. The number of sulfone groups is 1. The lowest BCUT2D eigenvalue weighted by atomic mass is 10.2. The molecule has 0 spiro atoms. The number of aromatic nitrogens is 2. The lowest BCUT2D eigenvalue weighted by Gasteiger charge is -2.24. The summed E-state index contributed by atoms with van der Waals surface area (Å²) in [5.74, 6) is -0.887. The van der Waals surface area contributed by atoms with E-state index in [0.717, 1.165) is 12.8 Å². The second-order valence-electron chi connectivity index (χ2n) is 8.52. The first-order chi connectivity index (χ1) is 15.7. The predicted molar refractivity (Wildman–Crippen MR) is 124 cm³/mol. The van der Waals surface area contributed by atoms with Crippen molar-refractivity contribution < 1.29 is 17.6 Å². The van der Waals surface area contributed by atoms with E-state index in [2.05, 4.69) is 4.98 Å². The summed E-state index contributed by atoms with van der Waals surface area (Å²) in [6.45, 7) is 3.97. The minimum atomic E-state index is -3.79. The fourth-order valence-corrected chi connectivity index (χ4v) is 5.76. The molecule has 0 atom stereocenters. The van der Waals surface area contributed by atoms with Gasteiger partial charge < -0.3 is 9.47 Å². The van der Waals surface area contributed by atoms with Gasteiger partial charge in [-0.2, -0.15) is 0 Å². The highest BCUT2D eigenvalue weighted by Gasteiger charge is 2.35. The minimum Gasteiger partial charge on any atom is -0.330 e. The van der Waals surface area contributed by atoms with E-state index >= 15 is 0 Å². The molecule has 3 aromatic rings. The second kappa shape index (κ2) is 9.27. The normalized spacial score (nSPS) is 14.0. The molecular formula is C24H25ClFN3O3S. The number of imidazole rings is 1. The Bertz CT molecular complexity index is 1270. The van der Waals surface area contributed by atoms with E-state index < -0.39 is 15.7 Å². The number of amides is 1. The molecule has 9 heteroatoms. The largest absolute Gasteiger partial charge is 0.330 e. The zero-order valence-corrected chi connectivity index (χ0v) is 20.0.